The lowest BCUT2D eigenvalue weighted by Gasteiger charge is -2.14. The van der Waals surface area contributed by atoms with Gasteiger partial charge >= 0.3 is 0 Å². The quantitative estimate of drug-likeness (QED) is 0.669. The number of anilines is 2. The van der Waals surface area contributed by atoms with E-state index in [1.54, 1.807) is 11.3 Å². The Morgan fingerprint density at radius 2 is 2.14 bits per heavy atom. The van der Waals surface area contributed by atoms with Crippen LogP contribution in [0.25, 0.3) is 11.3 Å². The van der Waals surface area contributed by atoms with Gasteiger partial charge in [-0.3, -0.25) is 0 Å². The van der Waals surface area contributed by atoms with E-state index in [1.165, 1.54) is 16.9 Å². The van der Waals surface area contributed by atoms with E-state index in [1.807, 2.05) is 0 Å². The lowest BCUT2D eigenvalue weighted by Crippen LogP contribution is -2.19. The van der Waals surface area contributed by atoms with Crippen molar-refractivity contribution < 1.29 is 0 Å². The van der Waals surface area contributed by atoms with E-state index in [2.05, 4.69) is 38.5 Å². The van der Waals surface area contributed by atoms with E-state index in [-0.39, 0.29) is 0 Å². The Hall–Kier alpha value is -1.42. The lowest BCUT2D eigenvalue weighted by atomic mass is 10.2. The first kappa shape index (κ1) is 7.94. The number of H-pyrrole nitrogens is 1. The maximum absolute atomic E-state index is 3.37. The van der Waals surface area contributed by atoms with Crippen molar-refractivity contribution in [3.8, 4) is 11.3 Å². The maximum atomic E-state index is 3.37. The fourth-order valence-electron chi connectivity index (χ4n) is 1.69. The number of hydrogen-bond donors (Lipinski definition) is 3. The van der Waals surface area contributed by atoms with Gasteiger partial charge in [0.2, 0.25) is 0 Å². The van der Waals surface area contributed by atoms with E-state index < -0.39 is 0 Å². The fourth-order valence-corrected chi connectivity index (χ4v) is 2.35. The van der Waals surface area contributed by atoms with Gasteiger partial charge in [0, 0.05) is 29.7 Å². The summed E-state index contributed by atoms with van der Waals surface area (Å²) in [5, 5.41) is 10.9. The summed E-state index contributed by atoms with van der Waals surface area (Å²) in [7, 11) is 0. The molecule has 3 N–H and O–H groups in total. The Balaban J connectivity index is 2.04. The van der Waals surface area contributed by atoms with Crippen LogP contribution in [0, 0.1) is 0 Å². The van der Waals surface area contributed by atoms with E-state index in [4.69, 9.17) is 0 Å². The van der Waals surface area contributed by atoms with Gasteiger partial charge in [0.25, 0.3) is 0 Å². The van der Waals surface area contributed by atoms with Crippen molar-refractivity contribution in [3.05, 3.63) is 22.9 Å². The maximum Gasteiger partial charge on any atom is 0.127 e. The number of fused-ring (bicyclic) bond motifs is 1. The second-order valence-corrected chi connectivity index (χ2v) is 4.12. The average molecular weight is 205 g/mol. The Labute approximate surface area is 86.2 Å². The van der Waals surface area contributed by atoms with Gasteiger partial charge in [-0.05, 0) is 17.5 Å². The van der Waals surface area contributed by atoms with Crippen molar-refractivity contribution >= 4 is 22.8 Å². The summed E-state index contributed by atoms with van der Waals surface area (Å²) in [4.78, 5) is 3.37. The number of aromatic nitrogens is 1. The monoisotopic (exact) mass is 205 g/mol. The molecule has 72 valence electrons. The summed E-state index contributed by atoms with van der Waals surface area (Å²) >= 11 is 1.72. The van der Waals surface area contributed by atoms with Crippen LogP contribution in [0.2, 0.25) is 0 Å². The molecule has 0 bridgehead atoms. The average Bonchev–Trinajstić information content (AvgIpc) is 2.86. The molecule has 0 spiro atoms. The summed E-state index contributed by atoms with van der Waals surface area (Å²) < 4.78 is 0. The molecule has 14 heavy (non-hydrogen) atoms. The first-order valence-electron chi connectivity index (χ1n) is 4.67. The van der Waals surface area contributed by atoms with Crippen LogP contribution in [-0.2, 0) is 0 Å². The van der Waals surface area contributed by atoms with E-state index in [0.29, 0.717) is 0 Å². The van der Waals surface area contributed by atoms with Crippen LogP contribution in [0.4, 0.5) is 11.5 Å². The van der Waals surface area contributed by atoms with Crippen molar-refractivity contribution in [3.63, 3.8) is 0 Å². The van der Waals surface area contributed by atoms with Crippen molar-refractivity contribution in [1.29, 1.82) is 0 Å². The highest BCUT2D eigenvalue weighted by molar-refractivity contribution is 7.08. The minimum Gasteiger partial charge on any atom is -0.380 e. The van der Waals surface area contributed by atoms with Crippen molar-refractivity contribution in [2.75, 3.05) is 23.7 Å². The minimum absolute atomic E-state index is 0.983. The molecule has 3 nitrogen and oxygen atoms in total. The molecule has 0 aliphatic carbocycles. The summed E-state index contributed by atoms with van der Waals surface area (Å²) in [6.07, 6.45) is 0. The van der Waals surface area contributed by atoms with Crippen LogP contribution in [-0.4, -0.2) is 18.1 Å². The Morgan fingerprint density at radius 1 is 1.21 bits per heavy atom. The standard InChI is InChI=1S/C10H11N3S/c1-4-14-6-7(1)8-5-9-10(13-8)12-3-2-11-9/h1,4-6,11-13H,2-3H2. The van der Waals surface area contributed by atoms with Gasteiger partial charge in [0.15, 0.2) is 0 Å². The molecule has 0 fully saturated rings. The highest BCUT2D eigenvalue weighted by atomic mass is 32.1. The van der Waals surface area contributed by atoms with E-state index in [0.717, 1.165) is 18.9 Å². The first-order chi connectivity index (χ1) is 6.93. The largest absolute Gasteiger partial charge is 0.380 e. The molecular formula is C10H11N3S. The fraction of sp³-hybridized carbons (Fsp3) is 0.200. The summed E-state index contributed by atoms with van der Waals surface area (Å²) in [6.45, 7) is 1.98. The third kappa shape index (κ3) is 1.19. The van der Waals surface area contributed by atoms with Crippen LogP contribution < -0.4 is 10.6 Å². The topological polar surface area (TPSA) is 39.9 Å². The third-order valence-corrected chi connectivity index (χ3v) is 3.08. The molecule has 3 rings (SSSR count). The molecule has 0 saturated heterocycles. The summed E-state index contributed by atoms with van der Waals surface area (Å²) in [5.74, 6) is 1.11. The van der Waals surface area contributed by atoms with Gasteiger partial charge in [-0.15, -0.1) is 0 Å². The van der Waals surface area contributed by atoms with Gasteiger partial charge in [0.05, 0.1) is 5.69 Å². The molecular weight excluding hydrogens is 194 g/mol. The zero-order valence-electron chi connectivity index (χ0n) is 7.63. The molecule has 1 aliphatic rings. The van der Waals surface area contributed by atoms with Gasteiger partial charge in [0.1, 0.15) is 5.82 Å². The summed E-state index contributed by atoms with van der Waals surface area (Å²) in [5.41, 5.74) is 3.61. The van der Waals surface area contributed by atoms with Gasteiger partial charge in [-0.1, -0.05) is 0 Å². The molecule has 2 aromatic rings. The minimum atomic E-state index is 0.983. The Morgan fingerprint density at radius 3 is 2.93 bits per heavy atom. The normalized spacial score (nSPS) is 14.3. The number of thiophene rings is 1. The molecule has 2 aromatic heterocycles. The van der Waals surface area contributed by atoms with Crippen molar-refractivity contribution in [2.45, 2.75) is 0 Å². The predicted octanol–water partition coefficient (Wildman–Crippen LogP) is 2.58. The number of nitrogens with one attached hydrogen (secondary N) is 3. The zero-order valence-corrected chi connectivity index (χ0v) is 8.45. The van der Waals surface area contributed by atoms with E-state index in [9.17, 15) is 0 Å². The van der Waals surface area contributed by atoms with Crippen LogP contribution in [0.3, 0.4) is 0 Å². The van der Waals surface area contributed by atoms with Gasteiger partial charge in [-0.25, -0.2) is 0 Å². The molecule has 0 atom stereocenters. The van der Waals surface area contributed by atoms with Crippen molar-refractivity contribution in [1.82, 2.24) is 4.98 Å². The van der Waals surface area contributed by atoms with Crippen LogP contribution in [0.15, 0.2) is 22.9 Å². The van der Waals surface area contributed by atoms with E-state index >= 15 is 0 Å². The third-order valence-electron chi connectivity index (χ3n) is 2.39. The lowest BCUT2D eigenvalue weighted by molar-refractivity contribution is 1.04. The predicted molar refractivity (Wildman–Crippen MR) is 61.1 cm³/mol. The molecule has 1 aliphatic heterocycles. The second kappa shape index (κ2) is 3.06. The second-order valence-electron chi connectivity index (χ2n) is 3.34. The van der Waals surface area contributed by atoms with Gasteiger partial charge < -0.3 is 15.6 Å². The first-order valence-corrected chi connectivity index (χ1v) is 5.61. The SMILES string of the molecule is c1cc(-c2cc3c([nH]2)NCCN3)cs1. The smallest absolute Gasteiger partial charge is 0.127 e. The number of rotatable bonds is 1. The molecule has 0 saturated carbocycles. The van der Waals surface area contributed by atoms with Crippen molar-refractivity contribution in [2.24, 2.45) is 0 Å². The van der Waals surface area contributed by atoms with Gasteiger partial charge in [-0.2, -0.15) is 11.3 Å². The number of aromatic amines is 1. The Bertz CT molecular complexity index is 407. The highest BCUT2D eigenvalue weighted by Crippen LogP contribution is 2.31. The van der Waals surface area contributed by atoms with Crippen LogP contribution in [0.1, 0.15) is 0 Å². The zero-order chi connectivity index (χ0) is 9.38. The molecule has 3 heterocycles. The highest BCUT2D eigenvalue weighted by Gasteiger charge is 2.12. The molecule has 0 unspecified atom stereocenters. The molecule has 4 heteroatoms. The number of hydrogen-bond acceptors (Lipinski definition) is 3. The molecule has 0 aromatic carbocycles. The summed E-state index contributed by atoms with van der Waals surface area (Å²) in [6, 6.07) is 4.28. The Kier molecular flexibility index (Phi) is 1.73. The van der Waals surface area contributed by atoms with Crippen LogP contribution >= 0.6 is 11.3 Å². The van der Waals surface area contributed by atoms with Crippen LogP contribution in [0.5, 0.6) is 0 Å². The molecule has 0 amide bonds. The molecule has 0 radical (unpaired) electrons.